The summed E-state index contributed by atoms with van der Waals surface area (Å²) in [4.78, 5) is 2.43. The minimum absolute atomic E-state index is 0.106. The first kappa shape index (κ1) is 22.4. The van der Waals surface area contributed by atoms with E-state index in [9.17, 15) is 5.11 Å². The summed E-state index contributed by atoms with van der Waals surface area (Å²) in [5.41, 5.74) is 5.73. The molecule has 1 aliphatic heterocycles. The second-order valence-corrected chi connectivity index (χ2v) is 8.67. The van der Waals surface area contributed by atoms with E-state index >= 15 is 0 Å². The Hall–Kier alpha value is -2.76. The highest BCUT2D eigenvalue weighted by molar-refractivity contribution is 5.59. The molecule has 4 rings (SSSR count). The third-order valence-electron chi connectivity index (χ3n) is 6.24. The fraction of sp³-hybridized carbons (Fsp3) is 0.407. The van der Waals surface area contributed by atoms with Gasteiger partial charge in [0.05, 0.1) is 24.6 Å². The van der Waals surface area contributed by atoms with Crippen molar-refractivity contribution in [1.82, 2.24) is 15.1 Å². The summed E-state index contributed by atoms with van der Waals surface area (Å²) in [6, 6.07) is 21.1. The zero-order chi connectivity index (χ0) is 22.2. The van der Waals surface area contributed by atoms with E-state index in [1.165, 1.54) is 11.1 Å². The van der Waals surface area contributed by atoms with Crippen molar-refractivity contribution in [3.8, 4) is 17.0 Å². The maximum atomic E-state index is 9.64. The molecule has 2 heterocycles. The Balaban J connectivity index is 1.18. The van der Waals surface area contributed by atoms with Crippen LogP contribution < -0.4 is 4.74 Å². The van der Waals surface area contributed by atoms with Gasteiger partial charge in [0, 0.05) is 25.2 Å². The molecule has 0 aliphatic carbocycles. The van der Waals surface area contributed by atoms with Crippen LogP contribution in [0.1, 0.15) is 42.5 Å². The first-order valence-corrected chi connectivity index (χ1v) is 11.6. The number of unbranched alkanes of at least 4 members (excludes halogenated alkanes) is 1. The molecule has 0 amide bonds. The molecule has 1 aliphatic rings. The van der Waals surface area contributed by atoms with Crippen molar-refractivity contribution in [2.24, 2.45) is 0 Å². The molecule has 1 aromatic heterocycles. The minimum atomic E-state index is -0.106. The topological polar surface area (TPSA) is 58.5 Å². The van der Waals surface area contributed by atoms with Crippen molar-refractivity contribution < 1.29 is 9.84 Å². The third-order valence-corrected chi connectivity index (χ3v) is 6.24. The number of hydrogen-bond acceptors (Lipinski definition) is 5. The van der Waals surface area contributed by atoms with Gasteiger partial charge in [-0.1, -0.05) is 24.3 Å². The molecule has 2 aromatic carbocycles. The van der Waals surface area contributed by atoms with Gasteiger partial charge in [0.1, 0.15) is 5.75 Å². The molecule has 32 heavy (non-hydrogen) atoms. The normalized spacial score (nSPS) is 15.1. The van der Waals surface area contributed by atoms with E-state index in [2.05, 4.69) is 45.4 Å². The summed E-state index contributed by atoms with van der Waals surface area (Å²) in [6.07, 6.45) is 5.98. The molecule has 3 aromatic rings. The van der Waals surface area contributed by atoms with Crippen molar-refractivity contribution in [1.29, 1.82) is 0 Å². The van der Waals surface area contributed by atoms with Gasteiger partial charge in [-0.25, -0.2) is 0 Å². The molecule has 1 fully saturated rings. The molecular weight excluding hydrogens is 398 g/mol. The van der Waals surface area contributed by atoms with Gasteiger partial charge in [-0.05, 0) is 86.1 Å². The number of aliphatic hydroxyl groups excluding tert-OH is 1. The highest BCUT2D eigenvalue weighted by Gasteiger charge is 2.16. The van der Waals surface area contributed by atoms with Crippen LogP contribution in [0.15, 0.2) is 60.7 Å². The van der Waals surface area contributed by atoms with Crippen LogP contribution in [0.4, 0.5) is 0 Å². The molecular formula is C27H33N3O2. The Labute approximate surface area is 191 Å². The largest absolute Gasteiger partial charge is 0.497 e. The van der Waals surface area contributed by atoms with E-state index < -0.39 is 0 Å². The van der Waals surface area contributed by atoms with Crippen LogP contribution in [0.25, 0.3) is 11.3 Å². The smallest absolute Gasteiger partial charge is 0.118 e. The van der Waals surface area contributed by atoms with Crippen molar-refractivity contribution >= 4 is 0 Å². The molecule has 168 valence electrons. The maximum Gasteiger partial charge on any atom is 0.118 e. The van der Waals surface area contributed by atoms with E-state index in [-0.39, 0.29) is 6.10 Å². The number of nitrogens with zero attached hydrogens (tertiary/aromatic N) is 3. The number of likely N-dealkylation sites (tertiary alicyclic amines) is 1. The minimum Gasteiger partial charge on any atom is -0.497 e. The molecule has 0 bridgehead atoms. The zero-order valence-electron chi connectivity index (χ0n) is 18.9. The van der Waals surface area contributed by atoms with E-state index in [0.717, 1.165) is 80.9 Å². The third kappa shape index (κ3) is 6.38. The molecule has 0 unspecified atom stereocenters. The SMILES string of the molecule is COc1ccc(-c2ccc(CCCCc3ccc(CN4CCC(O)CC4)cc3)nn2)cc1. The molecule has 0 atom stereocenters. The number of hydrogen-bond donors (Lipinski definition) is 1. The molecule has 1 N–H and O–H groups in total. The van der Waals surface area contributed by atoms with Gasteiger partial charge >= 0.3 is 0 Å². The monoisotopic (exact) mass is 431 g/mol. The number of rotatable bonds is 9. The summed E-state index contributed by atoms with van der Waals surface area (Å²) in [7, 11) is 1.67. The number of aromatic nitrogens is 2. The van der Waals surface area contributed by atoms with Crippen LogP contribution in [0.5, 0.6) is 5.75 Å². The van der Waals surface area contributed by atoms with E-state index in [4.69, 9.17) is 4.74 Å². The molecule has 0 spiro atoms. The van der Waals surface area contributed by atoms with Gasteiger partial charge in [0.2, 0.25) is 0 Å². The standard InChI is InChI=1S/C27H33N3O2/c1-32-26-13-10-23(11-14-26)27-15-12-24(28-29-27)5-3-2-4-21-6-8-22(9-7-21)20-30-18-16-25(31)17-19-30/h6-15,25,31H,2-5,16-20H2,1H3. The summed E-state index contributed by atoms with van der Waals surface area (Å²) in [5, 5.41) is 18.4. The average Bonchev–Trinajstić information content (AvgIpc) is 2.85. The lowest BCUT2D eigenvalue weighted by molar-refractivity contribution is 0.0792. The van der Waals surface area contributed by atoms with Gasteiger partial charge < -0.3 is 9.84 Å². The molecule has 0 radical (unpaired) electrons. The lowest BCUT2D eigenvalue weighted by Crippen LogP contribution is -2.35. The first-order valence-electron chi connectivity index (χ1n) is 11.6. The van der Waals surface area contributed by atoms with E-state index in [1.54, 1.807) is 7.11 Å². The van der Waals surface area contributed by atoms with Crippen molar-refractivity contribution in [3.63, 3.8) is 0 Å². The maximum absolute atomic E-state index is 9.64. The lowest BCUT2D eigenvalue weighted by atomic mass is 10.0. The van der Waals surface area contributed by atoms with Crippen LogP contribution in [0.3, 0.4) is 0 Å². The summed E-state index contributed by atoms with van der Waals surface area (Å²) < 4.78 is 5.21. The van der Waals surface area contributed by atoms with Crippen LogP contribution in [0, 0.1) is 0 Å². The summed E-state index contributed by atoms with van der Waals surface area (Å²) >= 11 is 0. The number of aliphatic hydroxyl groups is 1. The fourth-order valence-corrected chi connectivity index (χ4v) is 4.19. The zero-order valence-corrected chi connectivity index (χ0v) is 18.9. The van der Waals surface area contributed by atoms with Gasteiger partial charge in [-0.15, -0.1) is 0 Å². The van der Waals surface area contributed by atoms with Crippen LogP contribution in [-0.4, -0.2) is 46.5 Å². The molecule has 0 saturated carbocycles. The summed E-state index contributed by atoms with van der Waals surface area (Å²) in [5.74, 6) is 0.843. The number of benzene rings is 2. The van der Waals surface area contributed by atoms with Gasteiger partial charge in [0.25, 0.3) is 0 Å². The Bertz CT molecular complexity index is 948. The van der Waals surface area contributed by atoms with Crippen molar-refractivity contribution in [2.75, 3.05) is 20.2 Å². The lowest BCUT2D eigenvalue weighted by Gasteiger charge is -2.29. The second-order valence-electron chi connectivity index (χ2n) is 8.67. The van der Waals surface area contributed by atoms with Gasteiger partial charge in [-0.3, -0.25) is 4.90 Å². The van der Waals surface area contributed by atoms with Crippen LogP contribution in [0.2, 0.25) is 0 Å². The highest BCUT2D eigenvalue weighted by atomic mass is 16.5. The van der Waals surface area contributed by atoms with Crippen molar-refractivity contribution in [3.05, 3.63) is 77.5 Å². The predicted molar refractivity (Wildman–Crippen MR) is 128 cm³/mol. The number of ether oxygens (including phenoxy) is 1. The Morgan fingerprint density at radius 1 is 0.844 bits per heavy atom. The Morgan fingerprint density at radius 2 is 1.53 bits per heavy atom. The Morgan fingerprint density at radius 3 is 2.19 bits per heavy atom. The van der Waals surface area contributed by atoms with Gasteiger partial charge in [-0.2, -0.15) is 10.2 Å². The highest BCUT2D eigenvalue weighted by Crippen LogP contribution is 2.20. The van der Waals surface area contributed by atoms with E-state index in [1.807, 2.05) is 30.3 Å². The number of methoxy groups -OCH3 is 1. The fourth-order valence-electron chi connectivity index (χ4n) is 4.19. The average molecular weight is 432 g/mol. The second kappa shape index (κ2) is 11.2. The van der Waals surface area contributed by atoms with Gasteiger partial charge in [0.15, 0.2) is 0 Å². The molecule has 5 nitrogen and oxygen atoms in total. The number of aryl methyl sites for hydroxylation is 2. The summed E-state index contributed by atoms with van der Waals surface area (Å²) in [6.45, 7) is 2.97. The van der Waals surface area contributed by atoms with Crippen LogP contribution in [-0.2, 0) is 19.4 Å². The first-order chi connectivity index (χ1) is 15.7. The molecule has 5 heteroatoms. The Kier molecular flexibility index (Phi) is 7.86. The quantitative estimate of drug-likeness (QED) is 0.499. The predicted octanol–water partition coefficient (Wildman–Crippen LogP) is 4.67. The van der Waals surface area contributed by atoms with Crippen LogP contribution >= 0.6 is 0 Å². The van der Waals surface area contributed by atoms with Crippen molar-refractivity contribution in [2.45, 2.75) is 51.2 Å². The molecule has 1 saturated heterocycles. The van der Waals surface area contributed by atoms with E-state index in [0.29, 0.717) is 0 Å². The number of piperidine rings is 1.